The van der Waals surface area contributed by atoms with Crippen LogP contribution in [0.1, 0.15) is 40.1 Å². The maximum Gasteiger partial charge on any atom is 0.262 e. The van der Waals surface area contributed by atoms with E-state index in [1.807, 2.05) is 13.8 Å². The Kier molecular flexibility index (Phi) is 4.92. The molecule has 0 aliphatic carbocycles. The van der Waals surface area contributed by atoms with Gasteiger partial charge >= 0.3 is 0 Å². The second-order valence-electron chi connectivity index (χ2n) is 5.35. The van der Waals surface area contributed by atoms with Crippen molar-refractivity contribution in [3.63, 3.8) is 0 Å². The third-order valence-corrected chi connectivity index (χ3v) is 3.69. The predicted molar refractivity (Wildman–Crippen MR) is 82.7 cm³/mol. The molecule has 1 atom stereocenters. The number of carbonyl (C=O) groups is 3. The molecular formula is C16H21N3O3. The maximum absolute atomic E-state index is 12.4. The molecule has 1 aromatic carbocycles. The Bertz CT molecular complexity index is 613. The Labute approximate surface area is 129 Å². The molecule has 2 rings (SSSR count). The number of fused-ring (bicyclic) bond motifs is 1. The molecule has 1 heterocycles. The molecule has 0 fully saturated rings. The minimum absolute atomic E-state index is 0.330. The average Bonchev–Trinajstić information content (AvgIpc) is 2.74. The van der Waals surface area contributed by atoms with Gasteiger partial charge in [0, 0.05) is 13.1 Å². The van der Waals surface area contributed by atoms with Gasteiger partial charge in [-0.15, -0.1) is 0 Å². The van der Waals surface area contributed by atoms with Crippen LogP contribution in [0.5, 0.6) is 0 Å². The van der Waals surface area contributed by atoms with Crippen LogP contribution in [0.2, 0.25) is 0 Å². The van der Waals surface area contributed by atoms with Crippen molar-refractivity contribution in [3.8, 4) is 0 Å². The molecule has 0 aromatic heterocycles. The summed E-state index contributed by atoms with van der Waals surface area (Å²) in [5.74, 6) is -1.14. The lowest BCUT2D eigenvalue weighted by Crippen LogP contribution is -2.48. The van der Waals surface area contributed by atoms with Crippen LogP contribution >= 0.6 is 0 Å². The molecule has 6 nitrogen and oxygen atoms in total. The molecular weight excluding hydrogens is 282 g/mol. The highest BCUT2D eigenvalue weighted by Crippen LogP contribution is 2.25. The van der Waals surface area contributed by atoms with Gasteiger partial charge in [0.2, 0.25) is 5.91 Å². The smallest absolute Gasteiger partial charge is 0.262 e. The van der Waals surface area contributed by atoms with Gasteiger partial charge in [0.15, 0.2) is 0 Å². The summed E-state index contributed by atoms with van der Waals surface area (Å²) in [5, 5.41) is 5.81. The number of hydrogen-bond donors (Lipinski definition) is 2. The van der Waals surface area contributed by atoms with Crippen LogP contribution in [0.25, 0.3) is 0 Å². The summed E-state index contributed by atoms with van der Waals surface area (Å²) >= 11 is 0. The molecule has 1 aliphatic heterocycles. The fourth-order valence-corrected chi connectivity index (χ4v) is 2.44. The van der Waals surface area contributed by atoms with Crippen molar-refractivity contribution in [2.24, 2.45) is 0 Å². The van der Waals surface area contributed by atoms with E-state index in [4.69, 9.17) is 0 Å². The van der Waals surface area contributed by atoms with Gasteiger partial charge in [-0.25, -0.2) is 0 Å². The molecule has 22 heavy (non-hydrogen) atoms. The predicted octanol–water partition coefficient (Wildman–Crippen LogP) is 0.705. The van der Waals surface area contributed by atoms with Crippen LogP contribution in [0.4, 0.5) is 0 Å². The quantitative estimate of drug-likeness (QED) is 0.599. The monoisotopic (exact) mass is 303 g/mol. The van der Waals surface area contributed by atoms with Gasteiger partial charge in [-0.1, -0.05) is 18.6 Å². The second-order valence-corrected chi connectivity index (χ2v) is 5.35. The Morgan fingerprint density at radius 1 is 1.18 bits per heavy atom. The molecule has 0 saturated heterocycles. The number of rotatable bonds is 6. The van der Waals surface area contributed by atoms with Crippen LogP contribution in [0, 0.1) is 6.92 Å². The molecule has 1 unspecified atom stereocenters. The van der Waals surface area contributed by atoms with Crippen LogP contribution < -0.4 is 10.6 Å². The van der Waals surface area contributed by atoms with E-state index >= 15 is 0 Å². The number of hydrogen-bond acceptors (Lipinski definition) is 4. The van der Waals surface area contributed by atoms with Gasteiger partial charge in [0.1, 0.15) is 6.04 Å². The molecule has 2 N–H and O–H groups in total. The van der Waals surface area contributed by atoms with Crippen molar-refractivity contribution < 1.29 is 14.4 Å². The zero-order chi connectivity index (χ0) is 16.3. The number of benzene rings is 1. The van der Waals surface area contributed by atoms with Gasteiger partial charge in [-0.2, -0.15) is 0 Å². The largest absolute Gasteiger partial charge is 0.353 e. The van der Waals surface area contributed by atoms with E-state index in [9.17, 15) is 14.4 Å². The fraction of sp³-hybridized carbons (Fsp3) is 0.438. The summed E-state index contributed by atoms with van der Waals surface area (Å²) < 4.78 is 0. The van der Waals surface area contributed by atoms with E-state index < -0.39 is 17.9 Å². The fourth-order valence-electron chi connectivity index (χ4n) is 2.44. The van der Waals surface area contributed by atoms with E-state index in [0.717, 1.165) is 17.0 Å². The number of imide groups is 1. The molecule has 0 saturated carbocycles. The van der Waals surface area contributed by atoms with Crippen molar-refractivity contribution >= 4 is 17.7 Å². The molecule has 0 spiro atoms. The van der Waals surface area contributed by atoms with E-state index in [0.29, 0.717) is 24.2 Å². The van der Waals surface area contributed by atoms with Crippen molar-refractivity contribution in [2.75, 3.05) is 19.6 Å². The normalized spacial score (nSPS) is 15.0. The van der Waals surface area contributed by atoms with Crippen molar-refractivity contribution in [1.82, 2.24) is 15.5 Å². The van der Waals surface area contributed by atoms with Gasteiger partial charge < -0.3 is 10.6 Å². The van der Waals surface area contributed by atoms with Crippen LogP contribution in [0.15, 0.2) is 18.2 Å². The van der Waals surface area contributed by atoms with Crippen molar-refractivity contribution in [1.29, 1.82) is 0 Å². The van der Waals surface area contributed by atoms with Crippen molar-refractivity contribution in [3.05, 3.63) is 34.9 Å². The van der Waals surface area contributed by atoms with Gasteiger partial charge in [-0.3, -0.25) is 19.3 Å². The Morgan fingerprint density at radius 2 is 1.86 bits per heavy atom. The lowest BCUT2D eigenvalue weighted by atomic mass is 10.1. The number of nitrogens with one attached hydrogen (secondary N) is 2. The molecule has 1 aromatic rings. The Hall–Kier alpha value is -2.21. The summed E-state index contributed by atoms with van der Waals surface area (Å²) in [6, 6.07) is 4.29. The highest BCUT2D eigenvalue weighted by Gasteiger charge is 2.40. The van der Waals surface area contributed by atoms with Crippen LogP contribution in [-0.2, 0) is 4.79 Å². The lowest BCUT2D eigenvalue weighted by molar-refractivity contribution is -0.124. The summed E-state index contributed by atoms with van der Waals surface area (Å²) in [6.07, 6.45) is 0. The van der Waals surface area contributed by atoms with Gasteiger partial charge in [0.25, 0.3) is 11.8 Å². The minimum atomic E-state index is -0.825. The van der Waals surface area contributed by atoms with Gasteiger partial charge in [0.05, 0.1) is 11.1 Å². The number of carbonyl (C=O) groups excluding carboxylic acids is 3. The van der Waals surface area contributed by atoms with Crippen molar-refractivity contribution in [2.45, 2.75) is 26.8 Å². The topological polar surface area (TPSA) is 78.5 Å². The molecule has 0 bridgehead atoms. The third-order valence-electron chi connectivity index (χ3n) is 3.69. The number of likely N-dealkylation sites (N-methyl/N-ethyl adjacent to an activating group) is 1. The van der Waals surface area contributed by atoms with E-state index in [1.54, 1.807) is 25.1 Å². The second kappa shape index (κ2) is 6.70. The number of aryl methyl sites for hydroxylation is 1. The lowest BCUT2D eigenvalue weighted by Gasteiger charge is -2.21. The highest BCUT2D eigenvalue weighted by atomic mass is 16.2. The standard InChI is InChI=1S/C16H21N3O3/c1-4-17-7-8-18-14(20)11(3)19-15(21)12-6-5-10(2)9-13(12)16(19)22/h5-6,9,11,17H,4,7-8H2,1-3H3,(H,18,20). The van der Waals surface area contributed by atoms with E-state index in [1.165, 1.54) is 0 Å². The zero-order valence-corrected chi connectivity index (χ0v) is 13.1. The molecule has 1 aliphatic rings. The minimum Gasteiger partial charge on any atom is -0.353 e. The average molecular weight is 303 g/mol. The first-order chi connectivity index (χ1) is 10.5. The van der Waals surface area contributed by atoms with Crippen LogP contribution in [0.3, 0.4) is 0 Å². The Balaban J connectivity index is 2.08. The molecule has 0 radical (unpaired) electrons. The first-order valence-corrected chi connectivity index (χ1v) is 7.44. The van der Waals surface area contributed by atoms with Gasteiger partial charge in [-0.05, 0) is 32.5 Å². The first kappa shape index (κ1) is 16.2. The Morgan fingerprint density at radius 3 is 2.55 bits per heavy atom. The zero-order valence-electron chi connectivity index (χ0n) is 13.1. The highest BCUT2D eigenvalue weighted by molar-refractivity contribution is 6.22. The van der Waals surface area contributed by atoms with E-state index in [2.05, 4.69) is 10.6 Å². The maximum atomic E-state index is 12.4. The summed E-state index contributed by atoms with van der Waals surface area (Å²) in [4.78, 5) is 37.9. The molecule has 6 heteroatoms. The van der Waals surface area contributed by atoms with Crippen LogP contribution in [-0.4, -0.2) is 48.3 Å². The summed E-state index contributed by atoms with van der Waals surface area (Å²) in [7, 11) is 0. The summed E-state index contributed by atoms with van der Waals surface area (Å²) in [6.45, 7) is 7.33. The first-order valence-electron chi connectivity index (χ1n) is 7.44. The third kappa shape index (κ3) is 3.01. The number of nitrogens with zero attached hydrogens (tertiary/aromatic N) is 1. The van der Waals surface area contributed by atoms with E-state index in [-0.39, 0.29) is 5.91 Å². The number of amides is 3. The summed E-state index contributed by atoms with van der Waals surface area (Å²) in [5.41, 5.74) is 1.64. The SMILES string of the molecule is CCNCCNC(=O)C(C)N1C(=O)c2ccc(C)cc2C1=O. The molecule has 118 valence electrons. The molecule has 3 amide bonds.